The summed E-state index contributed by atoms with van der Waals surface area (Å²) >= 11 is 0. The Bertz CT molecular complexity index is 487. The highest BCUT2D eigenvalue weighted by atomic mass is 16.5. The van der Waals surface area contributed by atoms with E-state index in [1.165, 1.54) is 24.0 Å². The molecule has 20 heavy (non-hydrogen) atoms. The van der Waals surface area contributed by atoms with Gasteiger partial charge in [0.15, 0.2) is 0 Å². The van der Waals surface area contributed by atoms with Gasteiger partial charge in [0.2, 0.25) is 0 Å². The molecule has 1 nitrogen and oxygen atoms in total. The molecule has 106 valence electrons. The summed E-state index contributed by atoms with van der Waals surface area (Å²) in [4.78, 5) is 0. The molecule has 0 aliphatic rings. The molecule has 0 aliphatic heterocycles. The monoisotopic (exact) mass is 268 g/mol. The van der Waals surface area contributed by atoms with E-state index in [2.05, 4.69) is 50.2 Å². The summed E-state index contributed by atoms with van der Waals surface area (Å²) < 4.78 is 5.80. The Balaban J connectivity index is 1.85. The third kappa shape index (κ3) is 4.73. The fraction of sp³-hybridized carbons (Fsp3) is 0.368. The lowest BCUT2D eigenvalue weighted by molar-refractivity contribution is 0.306. The van der Waals surface area contributed by atoms with E-state index in [-0.39, 0.29) is 0 Å². The van der Waals surface area contributed by atoms with Crippen molar-refractivity contribution in [1.29, 1.82) is 0 Å². The Morgan fingerprint density at radius 2 is 1.60 bits per heavy atom. The predicted octanol–water partition coefficient (Wildman–Crippen LogP) is 5.24. The van der Waals surface area contributed by atoms with Gasteiger partial charge in [0, 0.05) is 0 Å². The van der Waals surface area contributed by atoms with E-state index < -0.39 is 0 Å². The highest BCUT2D eigenvalue weighted by Gasteiger charge is 2.03. The van der Waals surface area contributed by atoms with Crippen molar-refractivity contribution >= 4 is 0 Å². The molecule has 1 heteroatoms. The van der Waals surface area contributed by atoms with Crippen LogP contribution in [0.5, 0.6) is 5.75 Å². The average molecular weight is 268 g/mol. The molecular formula is C19H24O. The maximum Gasteiger partial charge on any atom is 0.119 e. The lowest BCUT2D eigenvalue weighted by Gasteiger charge is -2.11. The van der Waals surface area contributed by atoms with Crippen molar-refractivity contribution in [1.82, 2.24) is 0 Å². The highest BCUT2D eigenvalue weighted by Crippen LogP contribution is 2.18. The van der Waals surface area contributed by atoms with Crippen LogP contribution < -0.4 is 4.74 Å². The van der Waals surface area contributed by atoms with Crippen LogP contribution in [0, 0.1) is 5.92 Å². The van der Waals surface area contributed by atoms with E-state index in [9.17, 15) is 0 Å². The number of hydrogen-bond acceptors (Lipinski definition) is 1. The Morgan fingerprint density at radius 3 is 2.25 bits per heavy atom. The van der Waals surface area contributed by atoms with Gasteiger partial charge in [-0.25, -0.2) is 0 Å². The normalized spacial score (nSPS) is 12.1. The number of benzene rings is 2. The van der Waals surface area contributed by atoms with E-state index in [1.807, 2.05) is 18.2 Å². The lowest BCUT2D eigenvalue weighted by atomic mass is 9.97. The first-order chi connectivity index (χ1) is 9.78. The van der Waals surface area contributed by atoms with Crippen LogP contribution in [0.1, 0.15) is 37.8 Å². The van der Waals surface area contributed by atoms with Gasteiger partial charge in [0.1, 0.15) is 12.4 Å². The van der Waals surface area contributed by atoms with Crippen molar-refractivity contribution in [3.05, 3.63) is 65.7 Å². The third-order valence-corrected chi connectivity index (χ3v) is 3.54. The molecule has 0 saturated carbocycles. The second-order valence-corrected chi connectivity index (χ2v) is 5.52. The molecule has 0 bridgehead atoms. The zero-order valence-electron chi connectivity index (χ0n) is 12.5. The Labute approximate surface area is 122 Å². The molecule has 1 atom stereocenters. The van der Waals surface area contributed by atoms with Crippen LogP contribution in [-0.4, -0.2) is 0 Å². The minimum absolute atomic E-state index is 0.631. The van der Waals surface area contributed by atoms with E-state index in [0.717, 1.165) is 18.1 Å². The predicted molar refractivity (Wildman–Crippen MR) is 85.0 cm³/mol. The molecule has 0 heterocycles. The van der Waals surface area contributed by atoms with Gasteiger partial charge >= 0.3 is 0 Å². The van der Waals surface area contributed by atoms with Gasteiger partial charge in [-0.15, -0.1) is 0 Å². The van der Waals surface area contributed by atoms with Crippen molar-refractivity contribution in [2.24, 2.45) is 5.92 Å². The van der Waals surface area contributed by atoms with Gasteiger partial charge in [-0.2, -0.15) is 0 Å². The highest BCUT2D eigenvalue weighted by molar-refractivity contribution is 5.28. The minimum atomic E-state index is 0.631. The van der Waals surface area contributed by atoms with Gasteiger partial charge in [0.25, 0.3) is 0 Å². The summed E-state index contributed by atoms with van der Waals surface area (Å²) in [6.45, 7) is 5.20. The smallest absolute Gasteiger partial charge is 0.119 e. The summed E-state index contributed by atoms with van der Waals surface area (Å²) in [6, 6.07) is 18.8. The van der Waals surface area contributed by atoms with Crippen LogP contribution in [0.3, 0.4) is 0 Å². The summed E-state index contributed by atoms with van der Waals surface area (Å²) in [5.41, 5.74) is 2.60. The Kier molecular flexibility index (Phi) is 5.67. The van der Waals surface area contributed by atoms with Crippen LogP contribution in [0.25, 0.3) is 0 Å². The van der Waals surface area contributed by atoms with Crippen LogP contribution in [-0.2, 0) is 13.0 Å². The van der Waals surface area contributed by atoms with Gasteiger partial charge in [0.05, 0.1) is 0 Å². The van der Waals surface area contributed by atoms with E-state index >= 15 is 0 Å². The second kappa shape index (κ2) is 7.74. The minimum Gasteiger partial charge on any atom is -0.489 e. The van der Waals surface area contributed by atoms with Gasteiger partial charge in [-0.3, -0.25) is 0 Å². The van der Waals surface area contributed by atoms with E-state index in [4.69, 9.17) is 4.74 Å². The summed E-state index contributed by atoms with van der Waals surface area (Å²) in [6.07, 6.45) is 3.72. The average Bonchev–Trinajstić information content (AvgIpc) is 2.48. The summed E-state index contributed by atoms with van der Waals surface area (Å²) in [5, 5.41) is 0. The fourth-order valence-corrected chi connectivity index (χ4v) is 2.46. The van der Waals surface area contributed by atoms with Crippen LogP contribution in [0.2, 0.25) is 0 Å². The first kappa shape index (κ1) is 14.6. The lowest BCUT2D eigenvalue weighted by Crippen LogP contribution is -1.99. The molecule has 0 aromatic heterocycles. The fourth-order valence-electron chi connectivity index (χ4n) is 2.46. The first-order valence-corrected chi connectivity index (χ1v) is 7.53. The van der Waals surface area contributed by atoms with Gasteiger partial charge in [-0.1, -0.05) is 69.2 Å². The molecule has 0 amide bonds. The largest absolute Gasteiger partial charge is 0.489 e. The number of rotatable bonds is 7. The van der Waals surface area contributed by atoms with Crippen LogP contribution in [0.15, 0.2) is 54.6 Å². The van der Waals surface area contributed by atoms with Crippen molar-refractivity contribution in [3.8, 4) is 5.75 Å². The zero-order chi connectivity index (χ0) is 14.2. The number of hydrogen-bond donors (Lipinski definition) is 0. The molecule has 2 rings (SSSR count). The molecule has 0 spiro atoms. The SMILES string of the molecule is CCC[C@H](C)Cc1ccc(OCc2ccccc2)cc1. The molecule has 0 fully saturated rings. The van der Waals surface area contributed by atoms with E-state index in [0.29, 0.717) is 6.61 Å². The molecular weight excluding hydrogens is 244 g/mol. The first-order valence-electron chi connectivity index (χ1n) is 7.53. The molecule has 0 N–H and O–H groups in total. The van der Waals surface area contributed by atoms with Gasteiger partial charge < -0.3 is 4.74 Å². The molecule has 0 saturated heterocycles. The molecule has 0 radical (unpaired) electrons. The maximum atomic E-state index is 5.80. The summed E-state index contributed by atoms with van der Waals surface area (Å²) in [5.74, 6) is 1.71. The quantitative estimate of drug-likeness (QED) is 0.667. The third-order valence-electron chi connectivity index (χ3n) is 3.54. The standard InChI is InChI=1S/C19H24O/c1-3-7-16(2)14-17-10-12-19(13-11-17)20-15-18-8-5-4-6-9-18/h4-6,8-13,16H,3,7,14-15H2,1-2H3/t16-/m0/s1. The van der Waals surface area contributed by atoms with Crippen molar-refractivity contribution in [2.45, 2.75) is 39.7 Å². The van der Waals surface area contributed by atoms with E-state index in [1.54, 1.807) is 0 Å². The maximum absolute atomic E-state index is 5.80. The number of ether oxygens (including phenoxy) is 1. The van der Waals surface area contributed by atoms with Crippen LogP contribution in [0.4, 0.5) is 0 Å². The topological polar surface area (TPSA) is 9.23 Å². The Hall–Kier alpha value is -1.76. The van der Waals surface area contributed by atoms with Crippen LogP contribution >= 0.6 is 0 Å². The Morgan fingerprint density at radius 1 is 0.900 bits per heavy atom. The van der Waals surface area contributed by atoms with Crippen molar-refractivity contribution in [3.63, 3.8) is 0 Å². The van der Waals surface area contributed by atoms with Crippen molar-refractivity contribution in [2.75, 3.05) is 0 Å². The molecule has 2 aromatic carbocycles. The summed E-state index contributed by atoms with van der Waals surface area (Å²) in [7, 11) is 0. The molecule has 0 aliphatic carbocycles. The second-order valence-electron chi connectivity index (χ2n) is 5.52. The molecule has 2 aromatic rings. The van der Waals surface area contributed by atoms with Gasteiger partial charge in [-0.05, 0) is 35.6 Å². The molecule has 0 unspecified atom stereocenters. The van der Waals surface area contributed by atoms with Crippen molar-refractivity contribution < 1.29 is 4.74 Å². The zero-order valence-corrected chi connectivity index (χ0v) is 12.5.